The van der Waals surface area contributed by atoms with E-state index in [4.69, 9.17) is 0 Å². The van der Waals surface area contributed by atoms with Crippen molar-refractivity contribution in [2.24, 2.45) is 0 Å². The summed E-state index contributed by atoms with van der Waals surface area (Å²) >= 11 is 3.56. The van der Waals surface area contributed by atoms with E-state index in [0.29, 0.717) is 18.9 Å². The average Bonchev–Trinajstić information content (AvgIpc) is 3.03. The van der Waals surface area contributed by atoms with E-state index >= 15 is 0 Å². The van der Waals surface area contributed by atoms with Crippen LogP contribution in [0.3, 0.4) is 0 Å². The largest absolute Gasteiger partial charge is 0.298 e. The van der Waals surface area contributed by atoms with Gasteiger partial charge in [0.2, 0.25) is 0 Å². The molecule has 2 aromatic carbocycles. The average molecular weight is 421 g/mol. The molecule has 27 heavy (non-hydrogen) atoms. The molecular weight excluding hydrogens is 404 g/mol. The molecule has 6 heteroatoms. The van der Waals surface area contributed by atoms with Crippen molar-refractivity contribution in [3.63, 3.8) is 0 Å². The number of nitriles is 1. The van der Waals surface area contributed by atoms with Gasteiger partial charge >= 0.3 is 0 Å². The van der Waals surface area contributed by atoms with Crippen LogP contribution in [0.1, 0.15) is 22.1 Å². The lowest BCUT2D eigenvalue weighted by molar-refractivity contribution is 0.0963. The maximum absolute atomic E-state index is 12.7. The first-order chi connectivity index (χ1) is 13.1. The van der Waals surface area contributed by atoms with Crippen LogP contribution in [0, 0.1) is 11.3 Å². The predicted molar refractivity (Wildman–Crippen MR) is 107 cm³/mol. The molecule has 0 bridgehead atoms. The zero-order valence-electron chi connectivity index (χ0n) is 14.8. The van der Waals surface area contributed by atoms with Crippen molar-refractivity contribution >= 4 is 32.9 Å². The van der Waals surface area contributed by atoms with Gasteiger partial charge in [0.1, 0.15) is 11.7 Å². The van der Waals surface area contributed by atoms with Crippen molar-refractivity contribution in [1.29, 1.82) is 5.26 Å². The number of rotatable bonds is 4. The molecule has 4 rings (SSSR count). The first-order valence-corrected chi connectivity index (χ1v) is 9.41. The molecule has 1 aromatic heterocycles. The van der Waals surface area contributed by atoms with Crippen LogP contribution in [-0.4, -0.2) is 34.0 Å². The van der Waals surface area contributed by atoms with Gasteiger partial charge < -0.3 is 0 Å². The highest BCUT2D eigenvalue weighted by atomic mass is 79.9. The first-order valence-electron chi connectivity index (χ1n) is 8.62. The van der Waals surface area contributed by atoms with Crippen LogP contribution >= 0.6 is 15.9 Å². The number of hydrogen-bond acceptors (Lipinski definition) is 4. The van der Waals surface area contributed by atoms with Crippen molar-refractivity contribution in [1.82, 2.24) is 14.5 Å². The maximum atomic E-state index is 12.7. The van der Waals surface area contributed by atoms with Gasteiger partial charge in [-0.15, -0.1) is 0 Å². The van der Waals surface area contributed by atoms with E-state index in [9.17, 15) is 10.1 Å². The number of imidazole rings is 1. The highest BCUT2D eigenvalue weighted by Gasteiger charge is 2.31. The molecule has 5 nitrogen and oxygen atoms in total. The van der Waals surface area contributed by atoms with Crippen LogP contribution in [0.15, 0.2) is 64.7 Å². The number of carbonyl (C=O) groups excluding carboxylic acids is 1. The molecule has 0 saturated heterocycles. The van der Waals surface area contributed by atoms with Crippen molar-refractivity contribution < 1.29 is 4.79 Å². The van der Waals surface area contributed by atoms with Gasteiger partial charge in [-0.2, -0.15) is 5.26 Å². The molecule has 0 N–H and O–H groups in total. The summed E-state index contributed by atoms with van der Waals surface area (Å²) < 4.78 is 2.60. The summed E-state index contributed by atoms with van der Waals surface area (Å²) in [6, 6.07) is 17.8. The third-order valence-corrected chi connectivity index (χ3v) is 5.50. The standard InChI is InChI=1S/C21H17BrN4O/c1-25(12-14-6-2-3-7-17(14)22)13-15-10-20(27)26-19-9-5-4-8-18(19)24-21(26)16(15)11-23/h2-10,16H,12-13H2,1H3. The Labute approximate surface area is 165 Å². The fourth-order valence-electron chi connectivity index (χ4n) is 3.50. The number of benzene rings is 2. The highest BCUT2D eigenvalue weighted by molar-refractivity contribution is 9.10. The Kier molecular flexibility index (Phi) is 4.65. The molecule has 134 valence electrons. The second-order valence-corrected chi connectivity index (χ2v) is 7.53. The number of fused-ring (bicyclic) bond motifs is 3. The Morgan fingerprint density at radius 3 is 2.70 bits per heavy atom. The molecule has 0 amide bonds. The van der Waals surface area contributed by atoms with Crippen molar-refractivity contribution in [3.05, 3.63) is 76.0 Å². The number of hydrogen-bond donors (Lipinski definition) is 0. The van der Waals surface area contributed by atoms with Gasteiger partial charge in [0, 0.05) is 23.6 Å². The molecule has 1 unspecified atom stereocenters. The zero-order chi connectivity index (χ0) is 19.0. The van der Waals surface area contributed by atoms with Gasteiger partial charge in [0.05, 0.1) is 17.1 Å². The number of allylic oxidation sites excluding steroid dienone is 1. The Hall–Kier alpha value is -2.75. The molecule has 0 spiro atoms. The summed E-state index contributed by atoms with van der Waals surface area (Å²) in [5.41, 5.74) is 3.41. The number of nitrogens with zero attached hydrogens (tertiary/aromatic N) is 4. The van der Waals surface area contributed by atoms with Gasteiger partial charge in [-0.1, -0.05) is 46.3 Å². The van der Waals surface area contributed by atoms with E-state index in [0.717, 1.165) is 26.6 Å². The van der Waals surface area contributed by atoms with Crippen LogP contribution in [-0.2, 0) is 6.54 Å². The number of halogens is 1. The predicted octanol–water partition coefficient (Wildman–Crippen LogP) is 4.12. The lowest BCUT2D eigenvalue weighted by Crippen LogP contribution is -2.28. The van der Waals surface area contributed by atoms with Crippen LogP contribution in [0.25, 0.3) is 11.0 Å². The van der Waals surface area contributed by atoms with Gasteiger partial charge in [-0.05, 0) is 36.4 Å². The fraction of sp³-hybridized carbons (Fsp3) is 0.190. The molecule has 1 atom stereocenters. The van der Waals surface area contributed by atoms with Gasteiger partial charge in [-0.25, -0.2) is 4.98 Å². The summed E-state index contributed by atoms with van der Waals surface area (Å²) in [5.74, 6) is -0.165. The number of likely N-dealkylation sites (N-methyl/N-ethyl adjacent to an activating group) is 1. The van der Waals surface area contributed by atoms with Crippen molar-refractivity contribution in [3.8, 4) is 6.07 Å². The molecule has 0 aliphatic carbocycles. The minimum atomic E-state index is -0.531. The normalized spacial score (nSPS) is 16.3. The van der Waals surface area contributed by atoms with Crippen LogP contribution < -0.4 is 0 Å². The Balaban J connectivity index is 1.63. The molecule has 0 fully saturated rings. The number of aromatic nitrogens is 2. The van der Waals surface area contributed by atoms with E-state index in [2.05, 4.69) is 37.9 Å². The smallest absolute Gasteiger partial charge is 0.256 e. The lowest BCUT2D eigenvalue weighted by Gasteiger charge is -2.24. The van der Waals surface area contributed by atoms with Crippen LogP contribution in [0.4, 0.5) is 0 Å². The number of para-hydroxylation sites is 2. The Morgan fingerprint density at radius 2 is 1.93 bits per heavy atom. The van der Waals surface area contributed by atoms with E-state index in [1.165, 1.54) is 0 Å². The third kappa shape index (κ3) is 3.20. The Bertz CT molecular complexity index is 1110. The van der Waals surface area contributed by atoms with Gasteiger partial charge in [-0.3, -0.25) is 14.3 Å². The molecule has 1 aliphatic rings. The maximum Gasteiger partial charge on any atom is 0.256 e. The molecular formula is C21H17BrN4O. The van der Waals surface area contributed by atoms with E-state index in [-0.39, 0.29) is 5.91 Å². The summed E-state index contributed by atoms with van der Waals surface area (Å²) in [5, 5.41) is 9.78. The second kappa shape index (κ2) is 7.10. The Morgan fingerprint density at radius 1 is 1.19 bits per heavy atom. The SMILES string of the molecule is CN(CC1=CC(=O)n2c(nc3ccccc32)C1C#N)Cc1ccccc1Br. The monoisotopic (exact) mass is 420 g/mol. The quantitative estimate of drug-likeness (QED) is 0.636. The summed E-state index contributed by atoms with van der Waals surface area (Å²) in [6.07, 6.45) is 1.59. The first kappa shape index (κ1) is 17.7. The van der Waals surface area contributed by atoms with Crippen LogP contribution in [0.2, 0.25) is 0 Å². The van der Waals surface area contributed by atoms with E-state index in [1.807, 2.05) is 49.5 Å². The molecule has 2 heterocycles. The fourth-order valence-corrected chi connectivity index (χ4v) is 3.91. The minimum Gasteiger partial charge on any atom is -0.298 e. The molecule has 3 aromatic rings. The van der Waals surface area contributed by atoms with E-state index < -0.39 is 5.92 Å². The third-order valence-electron chi connectivity index (χ3n) is 4.72. The topological polar surface area (TPSA) is 61.9 Å². The van der Waals surface area contributed by atoms with Crippen molar-refractivity contribution in [2.45, 2.75) is 12.5 Å². The van der Waals surface area contributed by atoms with Crippen molar-refractivity contribution in [2.75, 3.05) is 13.6 Å². The van der Waals surface area contributed by atoms with Gasteiger partial charge in [0.15, 0.2) is 0 Å². The highest BCUT2D eigenvalue weighted by Crippen LogP contribution is 2.31. The zero-order valence-corrected chi connectivity index (χ0v) is 16.3. The summed E-state index contributed by atoms with van der Waals surface area (Å²) in [7, 11) is 1.98. The molecule has 0 radical (unpaired) electrons. The second-order valence-electron chi connectivity index (χ2n) is 6.68. The lowest BCUT2D eigenvalue weighted by atomic mass is 9.95. The number of carbonyl (C=O) groups is 1. The summed E-state index contributed by atoms with van der Waals surface area (Å²) in [6.45, 7) is 1.23. The van der Waals surface area contributed by atoms with Gasteiger partial charge in [0.25, 0.3) is 5.91 Å². The van der Waals surface area contributed by atoms with Crippen LogP contribution in [0.5, 0.6) is 0 Å². The minimum absolute atomic E-state index is 0.144. The molecule has 1 aliphatic heterocycles. The molecule has 0 saturated carbocycles. The van der Waals surface area contributed by atoms with E-state index in [1.54, 1.807) is 10.6 Å². The summed E-state index contributed by atoms with van der Waals surface area (Å²) in [4.78, 5) is 19.4.